The van der Waals surface area contributed by atoms with E-state index in [0.717, 1.165) is 25.7 Å². The molecule has 0 aliphatic carbocycles. The van der Waals surface area contributed by atoms with Crippen molar-refractivity contribution in [2.75, 3.05) is 26.4 Å². The number of aliphatic hydroxyl groups excluding tert-OH is 2. The molecule has 1 heterocycles. The summed E-state index contributed by atoms with van der Waals surface area (Å²) in [6, 6.07) is 0. The van der Waals surface area contributed by atoms with Crippen LogP contribution in [0.2, 0.25) is 0 Å². The van der Waals surface area contributed by atoms with Gasteiger partial charge in [-0.15, -0.1) is 0 Å². The van der Waals surface area contributed by atoms with E-state index in [9.17, 15) is 10.2 Å². The zero-order valence-corrected chi connectivity index (χ0v) is 13.0. The van der Waals surface area contributed by atoms with Gasteiger partial charge in [-0.05, 0) is 12.8 Å². The van der Waals surface area contributed by atoms with Crippen LogP contribution in [0.15, 0.2) is 0 Å². The van der Waals surface area contributed by atoms with Crippen LogP contribution >= 0.6 is 0 Å². The fourth-order valence-electron chi connectivity index (χ4n) is 2.27. The molecule has 0 aromatic carbocycles. The molecule has 2 N–H and O–H groups in total. The minimum Gasteiger partial charge on any atom is -0.396 e. The second-order valence-corrected chi connectivity index (χ2v) is 5.14. The van der Waals surface area contributed by atoms with Crippen LogP contribution in [0, 0.1) is 11.3 Å². The minimum atomic E-state index is -0.612. The third-order valence-electron chi connectivity index (χ3n) is 3.48. The highest BCUT2D eigenvalue weighted by Gasteiger charge is 2.38. The lowest BCUT2D eigenvalue weighted by Gasteiger charge is -2.40. The third kappa shape index (κ3) is 5.78. The molecule has 1 rings (SSSR count). The summed E-state index contributed by atoms with van der Waals surface area (Å²) >= 11 is 0. The Morgan fingerprint density at radius 3 is 1.74 bits per heavy atom. The van der Waals surface area contributed by atoms with E-state index < -0.39 is 5.41 Å². The fraction of sp³-hybridized carbons (Fsp3) is 1.00. The van der Waals surface area contributed by atoms with Crippen LogP contribution in [-0.4, -0.2) is 42.9 Å². The third-order valence-corrected chi connectivity index (χ3v) is 3.48. The van der Waals surface area contributed by atoms with Crippen molar-refractivity contribution >= 4 is 0 Å². The Balaban J connectivity index is 0.00000154. The topological polar surface area (TPSA) is 58.9 Å². The standard InChI is InChI=1S/C13H26O4.C2H6/c1-3-5-11(6-4-2)12-16-9-13(7-14,8-15)10-17-12;1-2/h11-12,14-15H,3-10H2,1-2H3;1-2H3. The van der Waals surface area contributed by atoms with Gasteiger partial charge in [0.2, 0.25) is 0 Å². The van der Waals surface area contributed by atoms with E-state index in [-0.39, 0.29) is 19.5 Å². The molecule has 19 heavy (non-hydrogen) atoms. The molecular weight excluding hydrogens is 244 g/mol. The van der Waals surface area contributed by atoms with Gasteiger partial charge in [-0.3, -0.25) is 0 Å². The summed E-state index contributed by atoms with van der Waals surface area (Å²) < 4.78 is 11.4. The van der Waals surface area contributed by atoms with Crippen molar-refractivity contribution in [3.8, 4) is 0 Å². The summed E-state index contributed by atoms with van der Waals surface area (Å²) in [5.74, 6) is 0.431. The molecule has 0 atom stereocenters. The molecule has 0 spiro atoms. The van der Waals surface area contributed by atoms with Gasteiger partial charge in [0.05, 0.1) is 31.8 Å². The van der Waals surface area contributed by atoms with E-state index in [2.05, 4.69) is 13.8 Å². The molecule has 1 aliphatic heterocycles. The van der Waals surface area contributed by atoms with Crippen LogP contribution in [0.25, 0.3) is 0 Å². The summed E-state index contributed by atoms with van der Waals surface area (Å²) in [4.78, 5) is 0. The fourth-order valence-corrected chi connectivity index (χ4v) is 2.27. The first-order valence-corrected chi connectivity index (χ1v) is 7.66. The van der Waals surface area contributed by atoms with Gasteiger partial charge in [-0.2, -0.15) is 0 Å². The predicted octanol–water partition coefficient (Wildman–Crippen LogP) is 2.57. The molecule has 1 saturated heterocycles. The van der Waals surface area contributed by atoms with E-state index in [1.165, 1.54) is 0 Å². The number of rotatable bonds is 7. The molecule has 1 fully saturated rings. The minimum absolute atomic E-state index is 0.0948. The lowest BCUT2D eigenvalue weighted by molar-refractivity contribution is -0.263. The number of hydrogen-bond donors (Lipinski definition) is 2. The largest absolute Gasteiger partial charge is 0.396 e. The van der Waals surface area contributed by atoms with E-state index in [1.807, 2.05) is 13.8 Å². The normalized spacial score (nSPS) is 19.1. The maximum absolute atomic E-state index is 9.25. The Morgan fingerprint density at radius 2 is 1.42 bits per heavy atom. The Morgan fingerprint density at radius 1 is 1.00 bits per heavy atom. The van der Waals surface area contributed by atoms with Crippen molar-refractivity contribution < 1.29 is 19.7 Å². The van der Waals surface area contributed by atoms with E-state index in [1.54, 1.807) is 0 Å². The van der Waals surface area contributed by atoms with Gasteiger partial charge in [-0.25, -0.2) is 0 Å². The highest BCUT2D eigenvalue weighted by molar-refractivity contribution is 4.81. The molecule has 4 nitrogen and oxygen atoms in total. The molecule has 0 amide bonds. The Kier molecular flexibility index (Phi) is 10.5. The molecule has 116 valence electrons. The molecular formula is C15H32O4. The molecule has 0 unspecified atom stereocenters. The zero-order valence-electron chi connectivity index (χ0n) is 13.0. The second kappa shape index (κ2) is 10.6. The second-order valence-electron chi connectivity index (χ2n) is 5.14. The van der Waals surface area contributed by atoms with Crippen LogP contribution in [-0.2, 0) is 9.47 Å². The molecule has 0 radical (unpaired) electrons. The highest BCUT2D eigenvalue weighted by atomic mass is 16.7. The Labute approximate surface area is 118 Å². The maximum Gasteiger partial charge on any atom is 0.160 e. The van der Waals surface area contributed by atoms with Gasteiger partial charge < -0.3 is 19.7 Å². The first kappa shape index (κ1) is 18.8. The van der Waals surface area contributed by atoms with Gasteiger partial charge in [0.15, 0.2) is 6.29 Å². The van der Waals surface area contributed by atoms with Gasteiger partial charge >= 0.3 is 0 Å². The first-order valence-electron chi connectivity index (χ1n) is 7.66. The van der Waals surface area contributed by atoms with Crippen LogP contribution in [0.3, 0.4) is 0 Å². The van der Waals surface area contributed by atoms with Crippen molar-refractivity contribution in [1.82, 2.24) is 0 Å². The van der Waals surface area contributed by atoms with Crippen molar-refractivity contribution in [2.45, 2.75) is 59.7 Å². The quantitative estimate of drug-likeness (QED) is 0.750. The van der Waals surface area contributed by atoms with E-state index in [4.69, 9.17) is 9.47 Å². The molecule has 0 aromatic rings. The lowest BCUT2D eigenvalue weighted by atomic mass is 9.90. The average Bonchev–Trinajstić information content (AvgIpc) is 2.49. The lowest BCUT2D eigenvalue weighted by Crippen LogP contribution is -2.48. The summed E-state index contributed by atoms with van der Waals surface area (Å²) in [6.45, 7) is 8.91. The Hall–Kier alpha value is -0.160. The van der Waals surface area contributed by atoms with Gasteiger partial charge in [-0.1, -0.05) is 40.5 Å². The molecule has 1 aliphatic rings. The smallest absolute Gasteiger partial charge is 0.160 e. The molecule has 0 saturated carbocycles. The number of ether oxygens (including phenoxy) is 2. The number of aliphatic hydroxyl groups is 2. The van der Waals surface area contributed by atoms with Crippen LogP contribution in [0.4, 0.5) is 0 Å². The van der Waals surface area contributed by atoms with Crippen LogP contribution in [0.1, 0.15) is 53.4 Å². The molecule has 0 aromatic heterocycles. The summed E-state index contributed by atoms with van der Waals surface area (Å²) in [5, 5.41) is 18.5. The summed E-state index contributed by atoms with van der Waals surface area (Å²) in [6.07, 6.45) is 4.28. The molecule has 4 heteroatoms. The van der Waals surface area contributed by atoms with Gasteiger partial charge in [0.1, 0.15) is 0 Å². The van der Waals surface area contributed by atoms with Gasteiger partial charge in [0, 0.05) is 5.92 Å². The van der Waals surface area contributed by atoms with E-state index in [0.29, 0.717) is 19.1 Å². The first-order chi connectivity index (χ1) is 9.21. The summed E-state index contributed by atoms with van der Waals surface area (Å²) in [7, 11) is 0. The van der Waals surface area contributed by atoms with E-state index >= 15 is 0 Å². The maximum atomic E-state index is 9.25. The zero-order chi connectivity index (χ0) is 14.7. The predicted molar refractivity (Wildman–Crippen MR) is 77.0 cm³/mol. The Bertz CT molecular complexity index is 188. The SMILES string of the molecule is CC.CCCC(CCC)C1OCC(CO)(CO)CO1. The highest BCUT2D eigenvalue weighted by Crippen LogP contribution is 2.30. The van der Waals surface area contributed by atoms with Crippen LogP contribution in [0.5, 0.6) is 0 Å². The van der Waals surface area contributed by atoms with Crippen molar-refractivity contribution in [3.63, 3.8) is 0 Å². The average molecular weight is 276 g/mol. The van der Waals surface area contributed by atoms with Crippen molar-refractivity contribution in [3.05, 3.63) is 0 Å². The monoisotopic (exact) mass is 276 g/mol. The van der Waals surface area contributed by atoms with Crippen LogP contribution < -0.4 is 0 Å². The molecule has 0 bridgehead atoms. The van der Waals surface area contributed by atoms with Crippen molar-refractivity contribution in [1.29, 1.82) is 0 Å². The van der Waals surface area contributed by atoms with Gasteiger partial charge in [0.25, 0.3) is 0 Å². The van der Waals surface area contributed by atoms with Crippen molar-refractivity contribution in [2.24, 2.45) is 11.3 Å². The summed E-state index contributed by atoms with van der Waals surface area (Å²) in [5.41, 5.74) is -0.612. The number of hydrogen-bond acceptors (Lipinski definition) is 4.